The highest BCUT2D eigenvalue weighted by atomic mass is 79.9. The van der Waals surface area contributed by atoms with E-state index in [1.54, 1.807) is 0 Å². The Morgan fingerprint density at radius 1 is 1.47 bits per heavy atom. The smallest absolute Gasteiger partial charge is 0.309 e. The quantitative estimate of drug-likeness (QED) is 0.750. The Labute approximate surface area is 106 Å². The number of hydrogen-bond donors (Lipinski definition) is 3. The fourth-order valence-corrected chi connectivity index (χ4v) is 1.85. The van der Waals surface area contributed by atoms with E-state index in [0.717, 1.165) is 6.07 Å². The summed E-state index contributed by atoms with van der Waals surface area (Å²) in [7, 11) is 0. The molecule has 6 heteroatoms. The van der Waals surface area contributed by atoms with Gasteiger partial charge in [-0.1, -0.05) is 0 Å². The van der Waals surface area contributed by atoms with E-state index in [-0.39, 0.29) is 16.5 Å². The molecule has 0 saturated heterocycles. The van der Waals surface area contributed by atoms with E-state index in [9.17, 15) is 19.4 Å². The van der Waals surface area contributed by atoms with E-state index < -0.39 is 28.7 Å². The maximum atomic E-state index is 13.6. The summed E-state index contributed by atoms with van der Waals surface area (Å²) in [5.74, 6) is -2.92. The molecule has 0 aliphatic heterocycles. The zero-order valence-electron chi connectivity index (χ0n) is 9.29. The molecular weight excluding hydrogens is 295 g/mol. The first kappa shape index (κ1) is 13.8. The molecule has 0 bridgehead atoms. The van der Waals surface area contributed by atoms with Crippen LogP contribution in [0.4, 0.5) is 4.39 Å². The van der Waals surface area contributed by atoms with Crippen molar-refractivity contribution in [2.75, 3.05) is 0 Å². The van der Waals surface area contributed by atoms with Crippen molar-refractivity contribution in [2.45, 2.75) is 20.3 Å². The third-order valence-electron chi connectivity index (χ3n) is 2.46. The van der Waals surface area contributed by atoms with Gasteiger partial charge < -0.3 is 15.3 Å². The minimum absolute atomic E-state index is 0.0210. The molecule has 3 N–H and O–H groups in total. The summed E-state index contributed by atoms with van der Waals surface area (Å²) in [5.41, 5.74) is -1.15. The van der Waals surface area contributed by atoms with Crippen molar-refractivity contribution >= 4 is 21.9 Å². The van der Waals surface area contributed by atoms with E-state index in [2.05, 4.69) is 15.9 Å². The molecule has 0 heterocycles. The van der Waals surface area contributed by atoms with Crippen LogP contribution in [0.15, 0.2) is 10.5 Å². The van der Waals surface area contributed by atoms with E-state index in [1.807, 2.05) is 0 Å². The second-order valence-corrected chi connectivity index (χ2v) is 5.18. The Bertz CT molecular complexity index is 471. The molecule has 17 heavy (non-hydrogen) atoms. The van der Waals surface area contributed by atoms with Crippen LogP contribution in [0.1, 0.15) is 19.4 Å². The normalized spacial score (nSPS) is 11.5. The Hall–Kier alpha value is -1.30. The molecular formula is C11H12BrFO4. The van der Waals surface area contributed by atoms with Crippen LogP contribution in [0.3, 0.4) is 0 Å². The molecule has 0 atom stereocenters. The average Bonchev–Trinajstić information content (AvgIpc) is 2.21. The van der Waals surface area contributed by atoms with Crippen LogP contribution in [0, 0.1) is 11.2 Å². The fourth-order valence-electron chi connectivity index (χ4n) is 1.32. The number of carboxylic acids is 1. The van der Waals surface area contributed by atoms with E-state index in [4.69, 9.17) is 5.11 Å². The Morgan fingerprint density at radius 3 is 2.47 bits per heavy atom. The highest BCUT2D eigenvalue weighted by molar-refractivity contribution is 9.10. The summed E-state index contributed by atoms with van der Waals surface area (Å²) < 4.78 is 13.6. The van der Waals surface area contributed by atoms with E-state index in [0.29, 0.717) is 0 Å². The summed E-state index contributed by atoms with van der Waals surface area (Å²) in [6.07, 6.45) is -0.109. The van der Waals surface area contributed by atoms with Crippen LogP contribution in [0.2, 0.25) is 0 Å². The summed E-state index contributed by atoms with van der Waals surface area (Å²) in [6, 6.07) is 0.757. The predicted molar refractivity (Wildman–Crippen MR) is 62.6 cm³/mol. The van der Waals surface area contributed by atoms with Crippen LogP contribution in [-0.2, 0) is 11.2 Å². The molecule has 1 aromatic rings. The molecule has 0 fully saturated rings. The Morgan fingerprint density at radius 2 is 2.00 bits per heavy atom. The van der Waals surface area contributed by atoms with Gasteiger partial charge in [0.2, 0.25) is 0 Å². The van der Waals surface area contributed by atoms with Crippen molar-refractivity contribution in [3.8, 4) is 11.5 Å². The zero-order chi connectivity index (χ0) is 13.4. The highest BCUT2D eigenvalue weighted by Gasteiger charge is 2.30. The minimum Gasteiger partial charge on any atom is -0.504 e. The van der Waals surface area contributed by atoms with Gasteiger partial charge in [0.15, 0.2) is 11.5 Å². The van der Waals surface area contributed by atoms with Crippen molar-refractivity contribution in [3.05, 3.63) is 21.9 Å². The monoisotopic (exact) mass is 306 g/mol. The first-order chi connectivity index (χ1) is 7.66. The van der Waals surface area contributed by atoms with Crippen molar-refractivity contribution in [1.82, 2.24) is 0 Å². The number of aromatic hydroxyl groups is 2. The lowest BCUT2D eigenvalue weighted by Gasteiger charge is -2.20. The Kier molecular flexibility index (Phi) is 3.66. The number of carbonyl (C=O) groups is 1. The standard InChI is InChI=1S/C11H12BrFO4/c1-11(2,10(16)17)4-5-6(13)3-7(14)9(15)8(5)12/h3,14-15H,4H2,1-2H3,(H,16,17). The average molecular weight is 307 g/mol. The number of halogens is 2. The molecule has 0 aliphatic rings. The molecule has 4 nitrogen and oxygen atoms in total. The van der Waals surface area contributed by atoms with Gasteiger partial charge in [-0.05, 0) is 36.2 Å². The number of carboxylic acid groups (broad SMARTS) is 1. The summed E-state index contributed by atoms with van der Waals surface area (Å²) in [4.78, 5) is 11.0. The topological polar surface area (TPSA) is 77.8 Å². The summed E-state index contributed by atoms with van der Waals surface area (Å²) in [6.45, 7) is 2.90. The molecule has 1 rings (SSSR count). The number of phenols is 2. The van der Waals surface area contributed by atoms with E-state index >= 15 is 0 Å². The van der Waals surface area contributed by atoms with Crippen LogP contribution in [0.5, 0.6) is 11.5 Å². The lowest BCUT2D eigenvalue weighted by Crippen LogP contribution is -2.26. The number of hydrogen-bond acceptors (Lipinski definition) is 3. The molecule has 0 unspecified atom stereocenters. The van der Waals surface area contributed by atoms with Gasteiger partial charge in [-0.25, -0.2) is 4.39 Å². The first-order valence-electron chi connectivity index (χ1n) is 4.79. The van der Waals surface area contributed by atoms with Gasteiger partial charge in [0, 0.05) is 11.6 Å². The van der Waals surface area contributed by atoms with Gasteiger partial charge in [-0.3, -0.25) is 4.79 Å². The van der Waals surface area contributed by atoms with Crippen LogP contribution < -0.4 is 0 Å². The SMILES string of the molecule is CC(C)(Cc1c(F)cc(O)c(O)c1Br)C(=O)O. The highest BCUT2D eigenvalue weighted by Crippen LogP contribution is 2.40. The van der Waals surface area contributed by atoms with Crippen molar-refractivity contribution in [1.29, 1.82) is 0 Å². The maximum Gasteiger partial charge on any atom is 0.309 e. The van der Waals surface area contributed by atoms with Crippen molar-refractivity contribution < 1.29 is 24.5 Å². The first-order valence-corrected chi connectivity index (χ1v) is 5.58. The molecule has 0 aliphatic carbocycles. The summed E-state index contributed by atoms with van der Waals surface area (Å²) in [5, 5.41) is 27.6. The third kappa shape index (κ3) is 2.69. The lowest BCUT2D eigenvalue weighted by molar-refractivity contribution is -0.146. The number of rotatable bonds is 3. The second kappa shape index (κ2) is 4.52. The largest absolute Gasteiger partial charge is 0.504 e. The number of aliphatic carboxylic acids is 1. The molecule has 0 radical (unpaired) electrons. The minimum atomic E-state index is -1.17. The van der Waals surface area contributed by atoms with Crippen molar-refractivity contribution in [2.24, 2.45) is 5.41 Å². The molecule has 0 saturated carbocycles. The zero-order valence-corrected chi connectivity index (χ0v) is 10.9. The predicted octanol–water partition coefficient (Wildman–Crippen LogP) is 2.65. The molecule has 0 amide bonds. The number of phenolic OH excluding ortho intramolecular Hbond substituents is 2. The van der Waals surface area contributed by atoms with E-state index in [1.165, 1.54) is 13.8 Å². The van der Waals surface area contributed by atoms with Gasteiger partial charge in [0.25, 0.3) is 0 Å². The molecule has 0 aromatic heterocycles. The van der Waals surface area contributed by atoms with Gasteiger partial charge in [0.1, 0.15) is 5.82 Å². The second-order valence-electron chi connectivity index (χ2n) is 4.38. The van der Waals surface area contributed by atoms with Gasteiger partial charge in [-0.2, -0.15) is 0 Å². The number of benzene rings is 1. The Balaban J connectivity index is 3.25. The van der Waals surface area contributed by atoms with Gasteiger partial charge in [-0.15, -0.1) is 0 Å². The van der Waals surface area contributed by atoms with Gasteiger partial charge >= 0.3 is 5.97 Å². The van der Waals surface area contributed by atoms with Crippen LogP contribution in [0.25, 0.3) is 0 Å². The summed E-state index contributed by atoms with van der Waals surface area (Å²) >= 11 is 2.94. The third-order valence-corrected chi connectivity index (χ3v) is 3.32. The molecule has 1 aromatic carbocycles. The lowest BCUT2D eigenvalue weighted by atomic mass is 9.85. The van der Waals surface area contributed by atoms with Crippen LogP contribution >= 0.6 is 15.9 Å². The maximum absolute atomic E-state index is 13.6. The van der Waals surface area contributed by atoms with Crippen LogP contribution in [-0.4, -0.2) is 21.3 Å². The molecule has 0 spiro atoms. The van der Waals surface area contributed by atoms with Gasteiger partial charge in [0.05, 0.1) is 9.89 Å². The molecule has 94 valence electrons. The fraction of sp³-hybridized carbons (Fsp3) is 0.364. The van der Waals surface area contributed by atoms with Crippen molar-refractivity contribution in [3.63, 3.8) is 0 Å².